The van der Waals surface area contributed by atoms with Crippen LogP contribution in [0.2, 0.25) is 0 Å². The number of amides is 1. The number of methoxy groups -OCH3 is 1. The van der Waals surface area contributed by atoms with E-state index in [4.69, 9.17) is 4.74 Å². The predicted molar refractivity (Wildman–Crippen MR) is 110 cm³/mol. The lowest BCUT2D eigenvalue weighted by atomic mass is 10.2. The van der Waals surface area contributed by atoms with Gasteiger partial charge in [0.15, 0.2) is 5.82 Å². The average molecular weight is 390 g/mol. The molecule has 0 saturated heterocycles. The molecule has 1 amide bonds. The van der Waals surface area contributed by atoms with Gasteiger partial charge in [0, 0.05) is 23.3 Å². The number of nitrogens with zero attached hydrogens (tertiary/aromatic N) is 3. The second-order valence-electron chi connectivity index (χ2n) is 6.05. The fourth-order valence-electron chi connectivity index (χ4n) is 2.78. The van der Waals surface area contributed by atoms with E-state index in [1.54, 1.807) is 24.1 Å². The van der Waals surface area contributed by atoms with Gasteiger partial charge >= 0.3 is 0 Å². The number of anilines is 1. The molecule has 0 radical (unpaired) electrons. The van der Waals surface area contributed by atoms with Gasteiger partial charge in [-0.05, 0) is 23.8 Å². The monoisotopic (exact) mass is 390 g/mol. The number of rotatable bonds is 6. The molecule has 1 aromatic carbocycles. The van der Waals surface area contributed by atoms with Crippen molar-refractivity contribution in [3.63, 3.8) is 0 Å². The van der Waals surface area contributed by atoms with Gasteiger partial charge < -0.3 is 10.1 Å². The molecule has 4 aromatic rings. The van der Waals surface area contributed by atoms with E-state index in [0.29, 0.717) is 23.0 Å². The van der Waals surface area contributed by atoms with E-state index in [2.05, 4.69) is 15.4 Å². The standard InChI is InChI=1S/C21H18N4O2S/c1-27-17-13-18(15-7-3-2-4-8-15)28-20(17)21(26)23-19-10-12-25(24-19)14-16-9-5-6-11-22-16/h2-13H,14H2,1H3,(H,23,24,26). The lowest BCUT2D eigenvalue weighted by Crippen LogP contribution is -2.12. The molecular weight excluding hydrogens is 372 g/mol. The molecule has 0 aliphatic carbocycles. The van der Waals surface area contributed by atoms with Crippen molar-refractivity contribution < 1.29 is 9.53 Å². The van der Waals surface area contributed by atoms with E-state index in [1.165, 1.54) is 11.3 Å². The molecular formula is C21H18N4O2S. The van der Waals surface area contributed by atoms with E-state index in [1.807, 2.05) is 60.8 Å². The molecule has 0 fully saturated rings. The number of benzene rings is 1. The highest BCUT2D eigenvalue weighted by Gasteiger charge is 2.19. The van der Waals surface area contributed by atoms with Gasteiger partial charge in [-0.1, -0.05) is 36.4 Å². The Kier molecular flexibility index (Phi) is 5.16. The second kappa shape index (κ2) is 8.06. The molecule has 0 bridgehead atoms. The minimum Gasteiger partial charge on any atom is -0.495 e. The lowest BCUT2D eigenvalue weighted by Gasteiger charge is -2.03. The number of hydrogen-bond donors (Lipinski definition) is 1. The van der Waals surface area contributed by atoms with Gasteiger partial charge in [-0.25, -0.2) is 0 Å². The molecule has 3 heterocycles. The largest absolute Gasteiger partial charge is 0.495 e. The highest BCUT2D eigenvalue weighted by Crippen LogP contribution is 2.36. The topological polar surface area (TPSA) is 69.0 Å². The first-order valence-electron chi connectivity index (χ1n) is 8.71. The van der Waals surface area contributed by atoms with Crippen LogP contribution in [0, 0.1) is 0 Å². The Morgan fingerprint density at radius 1 is 1.14 bits per heavy atom. The van der Waals surface area contributed by atoms with Crippen molar-refractivity contribution in [1.29, 1.82) is 0 Å². The van der Waals surface area contributed by atoms with Gasteiger partial charge in [-0.15, -0.1) is 11.3 Å². The van der Waals surface area contributed by atoms with Crippen LogP contribution in [-0.4, -0.2) is 27.8 Å². The Hall–Kier alpha value is -3.45. The third-order valence-corrected chi connectivity index (χ3v) is 5.28. The van der Waals surface area contributed by atoms with Crippen LogP contribution in [-0.2, 0) is 6.54 Å². The molecule has 140 valence electrons. The second-order valence-corrected chi connectivity index (χ2v) is 7.10. The highest BCUT2D eigenvalue weighted by molar-refractivity contribution is 7.17. The zero-order valence-corrected chi connectivity index (χ0v) is 16.0. The van der Waals surface area contributed by atoms with Crippen molar-refractivity contribution in [2.45, 2.75) is 6.54 Å². The van der Waals surface area contributed by atoms with Crippen LogP contribution >= 0.6 is 11.3 Å². The van der Waals surface area contributed by atoms with Crippen LogP contribution < -0.4 is 10.1 Å². The van der Waals surface area contributed by atoms with Crippen molar-refractivity contribution >= 4 is 23.1 Å². The van der Waals surface area contributed by atoms with Crippen LogP contribution in [0.4, 0.5) is 5.82 Å². The van der Waals surface area contributed by atoms with Gasteiger partial charge in [-0.2, -0.15) is 5.10 Å². The minimum atomic E-state index is -0.243. The summed E-state index contributed by atoms with van der Waals surface area (Å²) in [5.74, 6) is 0.791. The Morgan fingerprint density at radius 3 is 2.71 bits per heavy atom. The Bertz CT molecular complexity index is 1070. The number of thiophene rings is 1. The van der Waals surface area contributed by atoms with Crippen molar-refractivity contribution in [3.8, 4) is 16.2 Å². The van der Waals surface area contributed by atoms with Crippen LogP contribution in [0.5, 0.6) is 5.75 Å². The number of aromatic nitrogens is 3. The fourth-order valence-corrected chi connectivity index (χ4v) is 3.80. The smallest absolute Gasteiger partial charge is 0.270 e. The van der Waals surface area contributed by atoms with Crippen LogP contribution in [0.1, 0.15) is 15.4 Å². The normalized spacial score (nSPS) is 10.6. The number of nitrogens with one attached hydrogen (secondary N) is 1. The van der Waals surface area contributed by atoms with Crippen molar-refractivity contribution in [2.75, 3.05) is 12.4 Å². The quantitative estimate of drug-likeness (QED) is 0.532. The number of ether oxygens (including phenoxy) is 1. The molecule has 1 N–H and O–H groups in total. The first-order valence-corrected chi connectivity index (χ1v) is 9.52. The van der Waals surface area contributed by atoms with Gasteiger partial charge in [0.05, 0.1) is 19.3 Å². The number of carbonyl (C=O) groups is 1. The van der Waals surface area contributed by atoms with Crippen LogP contribution in [0.15, 0.2) is 73.1 Å². The molecule has 7 heteroatoms. The Labute approximate surface area is 166 Å². The maximum Gasteiger partial charge on any atom is 0.270 e. The van der Waals surface area contributed by atoms with E-state index in [-0.39, 0.29) is 5.91 Å². The summed E-state index contributed by atoms with van der Waals surface area (Å²) in [6, 6.07) is 19.3. The van der Waals surface area contributed by atoms with Gasteiger partial charge in [0.2, 0.25) is 0 Å². The zero-order valence-electron chi connectivity index (χ0n) is 15.2. The third-order valence-electron chi connectivity index (χ3n) is 4.11. The van der Waals surface area contributed by atoms with Gasteiger partial charge in [0.25, 0.3) is 5.91 Å². The molecule has 0 unspecified atom stereocenters. The maximum absolute atomic E-state index is 12.8. The van der Waals surface area contributed by atoms with Crippen molar-refractivity contribution in [3.05, 3.63) is 83.6 Å². The lowest BCUT2D eigenvalue weighted by molar-refractivity contribution is 0.102. The summed E-state index contributed by atoms with van der Waals surface area (Å²) in [5, 5.41) is 7.24. The van der Waals surface area contributed by atoms with E-state index < -0.39 is 0 Å². The number of carbonyl (C=O) groups excluding carboxylic acids is 1. The molecule has 0 saturated carbocycles. The number of hydrogen-bond acceptors (Lipinski definition) is 5. The predicted octanol–water partition coefficient (Wildman–Crippen LogP) is 4.32. The fraction of sp³-hybridized carbons (Fsp3) is 0.0952. The van der Waals surface area contributed by atoms with Crippen molar-refractivity contribution in [2.24, 2.45) is 0 Å². The van der Waals surface area contributed by atoms with E-state index in [0.717, 1.165) is 16.1 Å². The first kappa shape index (κ1) is 17.9. The molecule has 4 rings (SSSR count). The molecule has 0 aliphatic rings. The molecule has 0 aliphatic heterocycles. The molecule has 28 heavy (non-hydrogen) atoms. The Morgan fingerprint density at radius 2 is 1.96 bits per heavy atom. The van der Waals surface area contributed by atoms with E-state index >= 15 is 0 Å². The van der Waals surface area contributed by atoms with Gasteiger partial charge in [0.1, 0.15) is 10.6 Å². The highest BCUT2D eigenvalue weighted by atomic mass is 32.1. The first-order chi connectivity index (χ1) is 13.7. The van der Waals surface area contributed by atoms with Crippen LogP contribution in [0.25, 0.3) is 10.4 Å². The molecule has 3 aromatic heterocycles. The maximum atomic E-state index is 12.8. The summed E-state index contributed by atoms with van der Waals surface area (Å²) in [6.07, 6.45) is 3.56. The zero-order chi connectivity index (χ0) is 19.3. The summed E-state index contributed by atoms with van der Waals surface area (Å²) in [4.78, 5) is 18.5. The molecule has 0 atom stereocenters. The summed E-state index contributed by atoms with van der Waals surface area (Å²) in [6.45, 7) is 0.539. The molecule has 0 spiro atoms. The summed E-state index contributed by atoms with van der Waals surface area (Å²) >= 11 is 1.39. The van der Waals surface area contributed by atoms with Crippen LogP contribution in [0.3, 0.4) is 0 Å². The van der Waals surface area contributed by atoms with Gasteiger partial charge in [-0.3, -0.25) is 14.5 Å². The third kappa shape index (κ3) is 3.94. The summed E-state index contributed by atoms with van der Waals surface area (Å²) in [7, 11) is 1.56. The Balaban J connectivity index is 1.50. The average Bonchev–Trinajstić information content (AvgIpc) is 3.36. The number of pyridine rings is 1. The van der Waals surface area contributed by atoms with Crippen molar-refractivity contribution in [1.82, 2.24) is 14.8 Å². The van der Waals surface area contributed by atoms with E-state index in [9.17, 15) is 4.79 Å². The minimum absolute atomic E-state index is 0.243. The molecule has 6 nitrogen and oxygen atoms in total. The SMILES string of the molecule is COc1cc(-c2ccccc2)sc1C(=O)Nc1ccn(Cc2ccccn2)n1. The summed E-state index contributed by atoms with van der Waals surface area (Å²) < 4.78 is 7.14. The summed E-state index contributed by atoms with van der Waals surface area (Å²) in [5.41, 5.74) is 1.94.